The molecule has 2 aliphatic heterocycles. The number of rotatable bonds is 9. The zero-order valence-corrected chi connectivity index (χ0v) is 23.3. The number of hydrogen-bond acceptors (Lipinski definition) is 6. The summed E-state index contributed by atoms with van der Waals surface area (Å²) in [5, 5.41) is 8.74. The Kier molecular flexibility index (Phi) is 8.14. The number of benzene rings is 1. The van der Waals surface area contributed by atoms with E-state index in [2.05, 4.69) is 32.3 Å². The standard InChI is InChI=1S/C27H32AsN5O4/c1-26(2,28)24(35)30-21(17-37-16-19-9-5-4-6-10-19)23(34)33-14-12-22-27(18-33,25(36)32(3)31-22)15-20-11-7-8-13-29-20/h4-11,13,21H,12,14-18H2,1-3H3,(H,30,35)/t21-,27+/m1/s1. The molecule has 1 fully saturated rings. The quantitative estimate of drug-likeness (QED) is 0.467. The van der Waals surface area contributed by atoms with Crippen LogP contribution in [0, 0.1) is 5.41 Å². The number of nitrogens with zero attached hydrogens (tertiary/aromatic N) is 4. The molecule has 37 heavy (non-hydrogen) atoms. The number of likely N-dealkylation sites (tertiary alicyclic amines) is 1. The molecule has 1 N–H and O–H groups in total. The zero-order chi connectivity index (χ0) is 26.6. The average molecular weight is 566 g/mol. The Balaban J connectivity index is 1.54. The minimum absolute atomic E-state index is 0.0150. The van der Waals surface area contributed by atoms with Crippen LogP contribution in [0.2, 0.25) is 4.20 Å². The van der Waals surface area contributed by atoms with E-state index < -0.39 is 15.7 Å². The van der Waals surface area contributed by atoms with E-state index in [1.54, 1.807) is 32.0 Å². The van der Waals surface area contributed by atoms with Gasteiger partial charge in [-0.15, -0.1) is 0 Å². The van der Waals surface area contributed by atoms with Crippen molar-refractivity contribution in [2.45, 2.75) is 43.5 Å². The molecule has 1 aromatic heterocycles. The summed E-state index contributed by atoms with van der Waals surface area (Å²) in [5.74, 6) is -0.702. The number of aromatic nitrogens is 1. The molecule has 0 spiro atoms. The maximum atomic E-state index is 13.8. The fourth-order valence-corrected chi connectivity index (χ4v) is 4.82. The molecule has 1 aromatic carbocycles. The van der Waals surface area contributed by atoms with Crippen LogP contribution in [-0.2, 0) is 32.1 Å². The summed E-state index contributed by atoms with van der Waals surface area (Å²) in [6, 6.07) is 14.3. The number of amides is 3. The van der Waals surface area contributed by atoms with Crippen LogP contribution >= 0.6 is 0 Å². The molecule has 10 heteroatoms. The summed E-state index contributed by atoms with van der Waals surface area (Å²) >= 11 is 2.32. The molecular formula is C27H32AsN5O4. The van der Waals surface area contributed by atoms with Gasteiger partial charge in [0, 0.05) is 0 Å². The van der Waals surface area contributed by atoms with Gasteiger partial charge in [-0.2, -0.15) is 0 Å². The number of pyridine rings is 1. The molecule has 0 aliphatic carbocycles. The molecule has 3 heterocycles. The predicted molar refractivity (Wildman–Crippen MR) is 140 cm³/mol. The number of carbonyl (C=O) groups is 3. The van der Waals surface area contributed by atoms with Crippen LogP contribution in [0.15, 0.2) is 59.8 Å². The number of hydrogen-bond donors (Lipinski definition) is 1. The Morgan fingerprint density at radius 3 is 2.59 bits per heavy atom. The molecular weight excluding hydrogens is 533 g/mol. The molecule has 0 unspecified atom stereocenters. The van der Waals surface area contributed by atoms with Crippen LogP contribution in [0.3, 0.4) is 0 Å². The van der Waals surface area contributed by atoms with Gasteiger partial charge >= 0.3 is 220 Å². The zero-order valence-electron chi connectivity index (χ0n) is 21.4. The van der Waals surface area contributed by atoms with Crippen molar-refractivity contribution in [3.63, 3.8) is 0 Å². The van der Waals surface area contributed by atoms with Gasteiger partial charge in [-0.25, -0.2) is 0 Å². The van der Waals surface area contributed by atoms with Crippen LogP contribution < -0.4 is 5.32 Å². The Labute approximate surface area is 226 Å². The van der Waals surface area contributed by atoms with Gasteiger partial charge in [-0.1, -0.05) is 0 Å². The van der Waals surface area contributed by atoms with E-state index in [1.165, 1.54) is 5.01 Å². The van der Waals surface area contributed by atoms with Crippen molar-refractivity contribution in [3.8, 4) is 0 Å². The molecule has 2 aromatic rings. The van der Waals surface area contributed by atoms with E-state index in [0.29, 0.717) is 26.0 Å². The van der Waals surface area contributed by atoms with Crippen LogP contribution in [0.1, 0.15) is 31.5 Å². The van der Waals surface area contributed by atoms with E-state index in [0.717, 1.165) is 17.0 Å². The Morgan fingerprint density at radius 2 is 1.92 bits per heavy atom. The summed E-state index contributed by atoms with van der Waals surface area (Å²) in [6.07, 6.45) is 2.51. The topological polar surface area (TPSA) is 104 Å². The number of piperidine rings is 1. The van der Waals surface area contributed by atoms with Gasteiger partial charge in [0.2, 0.25) is 0 Å². The van der Waals surface area contributed by atoms with Crippen molar-refractivity contribution in [1.82, 2.24) is 20.2 Å². The number of hydrazone groups is 1. The van der Waals surface area contributed by atoms with Gasteiger partial charge in [0.1, 0.15) is 0 Å². The van der Waals surface area contributed by atoms with Gasteiger partial charge in [-0.05, 0) is 6.07 Å². The van der Waals surface area contributed by atoms with Gasteiger partial charge in [0.15, 0.2) is 0 Å². The summed E-state index contributed by atoms with van der Waals surface area (Å²) in [6.45, 7) is 4.44. The van der Waals surface area contributed by atoms with Crippen LogP contribution in [0.25, 0.3) is 0 Å². The summed E-state index contributed by atoms with van der Waals surface area (Å²) < 4.78 is 5.14. The molecule has 9 nitrogen and oxygen atoms in total. The Hall–Kier alpha value is -3.03. The molecule has 0 saturated carbocycles. The fraction of sp³-hybridized carbons (Fsp3) is 0.444. The second kappa shape index (κ2) is 11.2. The predicted octanol–water partition coefficient (Wildman–Crippen LogP) is 1.74. The summed E-state index contributed by atoms with van der Waals surface area (Å²) in [7, 11) is 1.64. The van der Waals surface area contributed by atoms with Gasteiger partial charge in [0.05, 0.1) is 0 Å². The average Bonchev–Trinajstić information content (AvgIpc) is 3.12. The third-order valence-electron chi connectivity index (χ3n) is 6.68. The molecule has 2 atom stereocenters. The van der Waals surface area contributed by atoms with E-state index in [-0.39, 0.29) is 30.9 Å². The monoisotopic (exact) mass is 565 g/mol. The maximum absolute atomic E-state index is 13.8. The van der Waals surface area contributed by atoms with Gasteiger partial charge < -0.3 is 0 Å². The molecule has 3 amide bonds. The molecule has 0 bridgehead atoms. The van der Waals surface area contributed by atoms with E-state index in [1.807, 2.05) is 48.5 Å². The van der Waals surface area contributed by atoms with Crippen LogP contribution in [-0.4, -0.2) is 88.0 Å². The normalized spacial score (nSPS) is 20.3. The van der Waals surface area contributed by atoms with Crippen molar-refractivity contribution in [3.05, 3.63) is 66.0 Å². The van der Waals surface area contributed by atoms with Crippen molar-refractivity contribution in [2.24, 2.45) is 10.5 Å². The summed E-state index contributed by atoms with van der Waals surface area (Å²) in [5.41, 5.74) is 1.52. The SMILES string of the molecule is CN1N=C2CCN(C(=O)[C@@H](COCc3ccccc3)NC(=O)C(C)(C)[As])C[C@]2(Cc2ccccn2)C1=O. The second-order valence-corrected chi connectivity index (χ2v) is 12.4. The molecule has 194 valence electrons. The third kappa shape index (κ3) is 6.10. The van der Waals surface area contributed by atoms with Gasteiger partial charge in [-0.3, -0.25) is 0 Å². The number of ether oxygens (including phenoxy) is 1. The van der Waals surface area contributed by atoms with E-state index >= 15 is 0 Å². The Morgan fingerprint density at radius 1 is 1.19 bits per heavy atom. The number of nitrogens with one attached hydrogen (secondary N) is 1. The first-order valence-electron chi connectivity index (χ1n) is 12.3. The van der Waals surface area contributed by atoms with Crippen molar-refractivity contribution >= 4 is 40.3 Å². The molecule has 2 aliphatic rings. The number of carbonyl (C=O) groups excluding carboxylic acids is 3. The first kappa shape index (κ1) is 27.0. The second-order valence-electron chi connectivity index (χ2n) is 10.1. The van der Waals surface area contributed by atoms with Crippen molar-refractivity contribution in [2.75, 3.05) is 26.7 Å². The molecule has 4 rings (SSSR count). The first-order valence-corrected chi connectivity index (χ1v) is 13.2. The minimum atomic E-state index is -0.975. The van der Waals surface area contributed by atoms with Crippen LogP contribution in [0.5, 0.6) is 0 Å². The van der Waals surface area contributed by atoms with Crippen molar-refractivity contribution in [1.29, 1.82) is 0 Å². The van der Waals surface area contributed by atoms with Crippen LogP contribution in [0.4, 0.5) is 0 Å². The first-order chi connectivity index (χ1) is 17.6. The van der Waals surface area contributed by atoms with E-state index in [9.17, 15) is 14.4 Å². The fourth-order valence-electron chi connectivity index (χ4n) is 4.68. The van der Waals surface area contributed by atoms with Crippen molar-refractivity contribution < 1.29 is 19.1 Å². The molecule has 2 radical (unpaired) electrons. The third-order valence-corrected chi connectivity index (χ3v) is 7.11. The van der Waals surface area contributed by atoms with E-state index in [4.69, 9.17) is 4.74 Å². The Bertz CT molecular complexity index is 1170. The number of fused-ring (bicyclic) bond motifs is 1. The summed E-state index contributed by atoms with van der Waals surface area (Å²) in [4.78, 5) is 46.1. The molecule has 1 saturated heterocycles. The van der Waals surface area contributed by atoms with Gasteiger partial charge in [0.25, 0.3) is 0 Å².